The summed E-state index contributed by atoms with van der Waals surface area (Å²) in [7, 11) is 0. The van der Waals surface area contributed by atoms with Crippen LogP contribution in [0.25, 0.3) is 0 Å². The molecule has 2 amide bonds. The van der Waals surface area contributed by atoms with Crippen LogP contribution in [0, 0.1) is 11.8 Å². The van der Waals surface area contributed by atoms with Gasteiger partial charge in [-0.1, -0.05) is 6.92 Å². The third kappa shape index (κ3) is 4.80. The highest BCUT2D eigenvalue weighted by Gasteiger charge is 2.30. The van der Waals surface area contributed by atoms with Crippen LogP contribution >= 0.6 is 11.8 Å². The predicted molar refractivity (Wildman–Crippen MR) is 84.6 cm³/mol. The Hall–Kier alpha value is -0.910. The largest absolute Gasteiger partial charge is 0.481 e. The number of hydrogen-bond donors (Lipinski definition) is 1. The minimum atomic E-state index is -0.740. The fraction of sp³-hybridized carbons (Fsp3) is 0.867. The van der Waals surface area contributed by atoms with Crippen molar-refractivity contribution in [3.63, 3.8) is 0 Å². The first kappa shape index (κ1) is 16.5. The second-order valence-corrected chi connectivity index (χ2v) is 7.38. The van der Waals surface area contributed by atoms with Crippen LogP contribution in [0.2, 0.25) is 0 Å². The lowest BCUT2D eigenvalue weighted by Gasteiger charge is -2.38. The highest BCUT2D eigenvalue weighted by atomic mass is 32.2. The second kappa shape index (κ2) is 7.92. The Labute approximate surface area is 131 Å². The summed E-state index contributed by atoms with van der Waals surface area (Å²) in [5.41, 5.74) is 0. The van der Waals surface area contributed by atoms with Gasteiger partial charge in [-0.3, -0.25) is 4.79 Å². The Morgan fingerprint density at radius 3 is 2.71 bits per heavy atom. The summed E-state index contributed by atoms with van der Waals surface area (Å²) in [6.07, 6.45) is 3.30. The van der Waals surface area contributed by atoms with Gasteiger partial charge in [0.05, 0.1) is 0 Å². The molecule has 2 atom stereocenters. The molecule has 2 aliphatic heterocycles. The maximum Gasteiger partial charge on any atom is 0.320 e. The average molecular weight is 314 g/mol. The van der Waals surface area contributed by atoms with Crippen molar-refractivity contribution in [2.45, 2.75) is 32.6 Å². The Bertz CT molecular complexity index is 370. The van der Waals surface area contributed by atoms with Gasteiger partial charge in [0.2, 0.25) is 0 Å². The van der Waals surface area contributed by atoms with Gasteiger partial charge in [0, 0.05) is 38.4 Å². The first-order chi connectivity index (χ1) is 10.1. The van der Waals surface area contributed by atoms with Gasteiger partial charge in [-0.15, -0.1) is 0 Å². The number of carboxylic acids is 1. The van der Waals surface area contributed by atoms with Crippen molar-refractivity contribution in [3.8, 4) is 0 Å². The normalized spacial score (nSPS) is 25.3. The number of carboxylic acid groups (broad SMARTS) is 1. The molecule has 21 heavy (non-hydrogen) atoms. The minimum absolute atomic E-state index is 0.137. The zero-order valence-electron chi connectivity index (χ0n) is 12.8. The fourth-order valence-corrected chi connectivity index (χ4v) is 4.11. The molecule has 0 aromatic carbocycles. The molecule has 0 saturated carbocycles. The highest BCUT2D eigenvalue weighted by Crippen LogP contribution is 2.27. The van der Waals surface area contributed by atoms with E-state index in [1.54, 1.807) is 0 Å². The molecular formula is C15H26N2O3S. The van der Waals surface area contributed by atoms with Gasteiger partial charge in [-0.25, -0.2) is 4.79 Å². The molecule has 2 rings (SSSR count). The van der Waals surface area contributed by atoms with E-state index in [1.165, 1.54) is 0 Å². The summed E-state index contributed by atoms with van der Waals surface area (Å²) in [6, 6.07) is 0.157. The molecule has 2 saturated heterocycles. The summed E-state index contributed by atoms with van der Waals surface area (Å²) < 4.78 is 0. The first-order valence-electron chi connectivity index (χ1n) is 7.91. The quantitative estimate of drug-likeness (QED) is 0.869. The van der Waals surface area contributed by atoms with Crippen LogP contribution in [0.3, 0.4) is 0 Å². The number of carbonyl (C=O) groups is 2. The maximum atomic E-state index is 12.6. The van der Waals surface area contributed by atoms with Crippen LogP contribution in [0.1, 0.15) is 32.6 Å². The topological polar surface area (TPSA) is 60.9 Å². The maximum absolute atomic E-state index is 12.6. The van der Waals surface area contributed by atoms with Crippen LogP contribution < -0.4 is 0 Å². The average Bonchev–Trinajstić information content (AvgIpc) is 2.75. The number of nitrogens with zero attached hydrogens (tertiary/aromatic N) is 2. The van der Waals surface area contributed by atoms with Gasteiger partial charge < -0.3 is 14.9 Å². The molecule has 6 heteroatoms. The van der Waals surface area contributed by atoms with Crippen LogP contribution in [0.4, 0.5) is 4.79 Å². The molecule has 2 heterocycles. The molecule has 0 aromatic rings. The number of urea groups is 1. The van der Waals surface area contributed by atoms with Gasteiger partial charge in [-0.2, -0.15) is 11.8 Å². The molecule has 0 aliphatic carbocycles. The molecule has 1 N–H and O–H groups in total. The Balaban J connectivity index is 1.90. The molecule has 0 bridgehead atoms. The van der Waals surface area contributed by atoms with Crippen molar-refractivity contribution < 1.29 is 14.7 Å². The number of aliphatic carboxylic acids is 1. The zero-order valence-corrected chi connectivity index (χ0v) is 13.6. The zero-order chi connectivity index (χ0) is 15.2. The van der Waals surface area contributed by atoms with Gasteiger partial charge in [-0.05, 0) is 36.9 Å². The third-order valence-corrected chi connectivity index (χ3v) is 5.57. The second-order valence-electron chi connectivity index (χ2n) is 6.16. The summed E-state index contributed by atoms with van der Waals surface area (Å²) in [5.74, 6) is 1.88. The van der Waals surface area contributed by atoms with E-state index in [-0.39, 0.29) is 18.4 Å². The standard InChI is InChI=1S/C15H26N2O3S/c1-12(10-14(18)19)13-4-2-5-17(11-13)15(20)16-6-3-8-21-9-7-16/h12-13H,2-11H2,1H3,(H,18,19). The van der Waals surface area contributed by atoms with Crippen molar-refractivity contribution in [1.82, 2.24) is 9.80 Å². The molecule has 5 nitrogen and oxygen atoms in total. The van der Waals surface area contributed by atoms with E-state index in [0.717, 1.165) is 56.9 Å². The van der Waals surface area contributed by atoms with Gasteiger partial charge in [0.1, 0.15) is 0 Å². The Kier molecular flexibility index (Phi) is 6.21. The van der Waals surface area contributed by atoms with E-state index in [2.05, 4.69) is 0 Å². The predicted octanol–water partition coefficient (Wildman–Crippen LogP) is 2.37. The molecule has 0 spiro atoms. The van der Waals surface area contributed by atoms with Crippen LogP contribution in [-0.2, 0) is 4.79 Å². The summed E-state index contributed by atoms with van der Waals surface area (Å²) in [5, 5.41) is 8.93. The van der Waals surface area contributed by atoms with E-state index < -0.39 is 5.97 Å². The molecule has 2 aliphatic rings. The van der Waals surface area contributed by atoms with E-state index in [0.29, 0.717) is 5.92 Å². The van der Waals surface area contributed by atoms with Crippen LogP contribution in [0.15, 0.2) is 0 Å². The van der Waals surface area contributed by atoms with Crippen molar-refractivity contribution in [3.05, 3.63) is 0 Å². The number of carbonyl (C=O) groups excluding carboxylic acids is 1. The molecule has 120 valence electrons. The van der Waals surface area contributed by atoms with E-state index in [4.69, 9.17) is 5.11 Å². The van der Waals surface area contributed by atoms with Gasteiger partial charge in [0.15, 0.2) is 0 Å². The lowest BCUT2D eigenvalue weighted by Crippen LogP contribution is -2.49. The minimum Gasteiger partial charge on any atom is -0.481 e. The van der Waals surface area contributed by atoms with Gasteiger partial charge in [0.25, 0.3) is 0 Å². The van der Waals surface area contributed by atoms with Crippen LogP contribution in [0.5, 0.6) is 0 Å². The Morgan fingerprint density at radius 1 is 1.19 bits per heavy atom. The summed E-state index contributed by atoms with van der Waals surface area (Å²) >= 11 is 1.92. The monoisotopic (exact) mass is 314 g/mol. The van der Waals surface area contributed by atoms with E-state index in [9.17, 15) is 9.59 Å². The number of rotatable bonds is 3. The lowest BCUT2D eigenvalue weighted by atomic mass is 9.85. The molecular weight excluding hydrogens is 288 g/mol. The molecule has 0 aromatic heterocycles. The molecule has 2 unspecified atom stereocenters. The first-order valence-corrected chi connectivity index (χ1v) is 9.07. The smallest absolute Gasteiger partial charge is 0.320 e. The van der Waals surface area contributed by atoms with E-state index >= 15 is 0 Å². The highest BCUT2D eigenvalue weighted by molar-refractivity contribution is 7.99. The Morgan fingerprint density at radius 2 is 1.95 bits per heavy atom. The number of hydrogen-bond acceptors (Lipinski definition) is 3. The fourth-order valence-electron chi connectivity index (χ4n) is 3.23. The molecule has 2 fully saturated rings. The SMILES string of the molecule is CC(CC(=O)O)C1CCCN(C(=O)N2CCCSCC2)C1. The van der Waals surface area contributed by atoms with Crippen molar-refractivity contribution >= 4 is 23.8 Å². The molecule has 0 radical (unpaired) electrons. The number of likely N-dealkylation sites (tertiary alicyclic amines) is 1. The van der Waals surface area contributed by atoms with Crippen LogP contribution in [-0.4, -0.2) is 64.6 Å². The third-order valence-electron chi connectivity index (χ3n) is 4.52. The van der Waals surface area contributed by atoms with E-state index in [1.807, 2.05) is 28.5 Å². The van der Waals surface area contributed by atoms with Crippen molar-refractivity contribution in [2.75, 3.05) is 37.7 Å². The number of amides is 2. The summed E-state index contributed by atoms with van der Waals surface area (Å²) in [4.78, 5) is 27.4. The van der Waals surface area contributed by atoms with Crippen molar-refractivity contribution in [1.29, 1.82) is 0 Å². The number of piperidine rings is 1. The number of thioether (sulfide) groups is 1. The summed E-state index contributed by atoms with van der Waals surface area (Å²) in [6.45, 7) is 5.23. The lowest BCUT2D eigenvalue weighted by molar-refractivity contribution is -0.138. The van der Waals surface area contributed by atoms with Gasteiger partial charge >= 0.3 is 12.0 Å². The van der Waals surface area contributed by atoms with Crippen molar-refractivity contribution in [2.24, 2.45) is 11.8 Å².